The summed E-state index contributed by atoms with van der Waals surface area (Å²) in [7, 11) is 0. The Morgan fingerprint density at radius 2 is 1.96 bits per heavy atom. The van der Waals surface area contributed by atoms with Crippen molar-refractivity contribution in [2.24, 2.45) is 0 Å². The number of halogens is 1. The van der Waals surface area contributed by atoms with E-state index in [4.69, 9.17) is 16.3 Å². The van der Waals surface area contributed by atoms with E-state index in [1.807, 2.05) is 0 Å². The lowest BCUT2D eigenvalue weighted by Crippen LogP contribution is -2.30. The van der Waals surface area contributed by atoms with Crippen LogP contribution in [0.4, 0.5) is 16.2 Å². The molecule has 25 heavy (non-hydrogen) atoms. The van der Waals surface area contributed by atoms with Crippen molar-refractivity contribution >= 4 is 34.9 Å². The predicted molar refractivity (Wildman–Crippen MR) is 97.4 cm³/mol. The normalized spacial score (nSPS) is 14.8. The molecule has 0 aromatic heterocycles. The molecule has 3 rings (SSSR count). The van der Waals surface area contributed by atoms with Crippen LogP contribution in [0, 0.1) is 0 Å². The molecule has 7 heteroatoms. The molecule has 2 aromatic carbocycles. The number of ether oxygens (including phenoxy) is 1. The average molecular weight is 360 g/mol. The van der Waals surface area contributed by atoms with Crippen LogP contribution in [-0.2, 0) is 4.79 Å². The highest BCUT2D eigenvalue weighted by Crippen LogP contribution is 2.25. The minimum absolute atomic E-state index is 0.112. The maximum atomic E-state index is 12.3. The number of carbonyl (C=O) groups excluding carboxylic acids is 2. The van der Waals surface area contributed by atoms with E-state index in [0.29, 0.717) is 29.5 Å². The molecule has 1 unspecified atom stereocenters. The van der Waals surface area contributed by atoms with Gasteiger partial charge < -0.3 is 15.4 Å². The number of anilines is 2. The Morgan fingerprint density at radius 1 is 1.24 bits per heavy atom. The van der Waals surface area contributed by atoms with Gasteiger partial charge in [-0.05, 0) is 43.3 Å². The van der Waals surface area contributed by atoms with E-state index >= 15 is 0 Å². The first kappa shape index (κ1) is 17.1. The van der Waals surface area contributed by atoms with Crippen LogP contribution < -0.4 is 20.3 Å². The summed E-state index contributed by atoms with van der Waals surface area (Å²) in [5.41, 5.74) is 1.41. The van der Waals surface area contributed by atoms with Crippen molar-refractivity contribution in [1.29, 1.82) is 0 Å². The van der Waals surface area contributed by atoms with Gasteiger partial charge in [0.1, 0.15) is 5.75 Å². The van der Waals surface area contributed by atoms with Crippen LogP contribution in [0.3, 0.4) is 0 Å². The van der Waals surface area contributed by atoms with Gasteiger partial charge in [0.25, 0.3) is 5.91 Å². The molecule has 2 aromatic rings. The molecule has 0 bridgehead atoms. The van der Waals surface area contributed by atoms with Crippen molar-refractivity contribution in [3.8, 4) is 5.75 Å². The van der Waals surface area contributed by atoms with Gasteiger partial charge in [0.05, 0.1) is 5.02 Å². The number of nitrogens with one attached hydrogen (secondary N) is 2. The van der Waals surface area contributed by atoms with E-state index < -0.39 is 6.10 Å². The van der Waals surface area contributed by atoms with Gasteiger partial charge in [0, 0.05) is 24.5 Å². The lowest BCUT2D eigenvalue weighted by atomic mass is 10.2. The number of benzene rings is 2. The molecule has 1 aliphatic rings. The summed E-state index contributed by atoms with van der Waals surface area (Å²) in [5, 5.41) is 5.99. The summed E-state index contributed by atoms with van der Waals surface area (Å²) in [6, 6.07) is 14.0. The second-order valence-electron chi connectivity index (χ2n) is 5.61. The van der Waals surface area contributed by atoms with Crippen molar-refractivity contribution in [2.75, 3.05) is 23.3 Å². The maximum absolute atomic E-state index is 12.3. The van der Waals surface area contributed by atoms with E-state index in [2.05, 4.69) is 10.6 Å². The zero-order valence-electron chi connectivity index (χ0n) is 13.7. The molecule has 0 spiro atoms. The number of amides is 3. The fourth-order valence-electron chi connectivity index (χ4n) is 2.47. The summed E-state index contributed by atoms with van der Waals surface area (Å²) in [5.74, 6) is 0.175. The fraction of sp³-hybridized carbons (Fsp3) is 0.222. The topological polar surface area (TPSA) is 70.7 Å². The Labute approximate surface area is 150 Å². The van der Waals surface area contributed by atoms with Gasteiger partial charge in [-0.2, -0.15) is 0 Å². The molecule has 1 heterocycles. The lowest BCUT2D eigenvalue weighted by Gasteiger charge is -2.17. The first-order chi connectivity index (χ1) is 12.0. The van der Waals surface area contributed by atoms with Gasteiger partial charge in [-0.15, -0.1) is 0 Å². The highest BCUT2D eigenvalue weighted by molar-refractivity contribution is 6.32. The molecule has 0 saturated carbocycles. The Morgan fingerprint density at radius 3 is 2.60 bits per heavy atom. The summed E-state index contributed by atoms with van der Waals surface area (Å²) >= 11 is 6.03. The number of hydrogen-bond donors (Lipinski definition) is 2. The first-order valence-corrected chi connectivity index (χ1v) is 8.30. The zero-order valence-corrected chi connectivity index (χ0v) is 14.4. The second-order valence-corrected chi connectivity index (χ2v) is 6.02. The van der Waals surface area contributed by atoms with E-state index in [1.165, 1.54) is 0 Å². The Hall–Kier alpha value is -2.73. The third-order valence-corrected chi connectivity index (χ3v) is 4.13. The summed E-state index contributed by atoms with van der Waals surface area (Å²) in [6.45, 7) is 2.92. The number of nitrogens with zero attached hydrogens (tertiary/aromatic N) is 1. The highest BCUT2D eigenvalue weighted by Gasteiger charge is 2.21. The van der Waals surface area contributed by atoms with Gasteiger partial charge in [0.2, 0.25) is 0 Å². The fourth-order valence-corrected chi connectivity index (χ4v) is 2.65. The SMILES string of the molecule is CC(Oc1ccccc1Cl)C(=O)Nc1ccc(N2CCNC2=O)cc1. The molecule has 1 fully saturated rings. The minimum atomic E-state index is -0.705. The summed E-state index contributed by atoms with van der Waals surface area (Å²) in [6.07, 6.45) is -0.705. The zero-order chi connectivity index (χ0) is 17.8. The van der Waals surface area contributed by atoms with Crippen molar-refractivity contribution in [3.05, 3.63) is 53.6 Å². The standard InChI is InChI=1S/C18H18ClN3O3/c1-12(25-16-5-3-2-4-15(16)19)17(23)21-13-6-8-14(9-7-13)22-11-10-20-18(22)24/h2-9,12H,10-11H2,1H3,(H,20,24)(H,21,23). The van der Waals surface area contributed by atoms with Crippen molar-refractivity contribution in [1.82, 2.24) is 5.32 Å². The minimum Gasteiger partial charge on any atom is -0.479 e. The monoisotopic (exact) mass is 359 g/mol. The smallest absolute Gasteiger partial charge is 0.321 e. The van der Waals surface area contributed by atoms with Crippen LogP contribution in [0.5, 0.6) is 5.75 Å². The molecule has 0 radical (unpaired) electrons. The third kappa shape index (κ3) is 4.03. The lowest BCUT2D eigenvalue weighted by molar-refractivity contribution is -0.122. The average Bonchev–Trinajstić information content (AvgIpc) is 3.03. The number of carbonyl (C=O) groups is 2. The van der Waals surface area contributed by atoms with Crippen LogP contribution >= 0.6 is 11.6 Å². The Balaban J connectivity index is 1.60. The quantitative estimate of drug-likeness (QED) is 0.860. The molecule has 0 aliphatic carbocycles. The first-order valence-electron chi connectivity index (χ1n) is 7.92. The van der Waals surface area contributed by atoms with Crippen LogP contribution in [0.1, 0.15) is 6.92 Å². The molecular formula is C18H18ClN3O3. The van der Waals surface area contributed by atoms with E-state index in [1.54, 1.807) is 60.4 Å². The van der Waals surface area contributed by atoms with Gasteiger partial charge in [0.15, 0.2) is 6.10 Å². The summed E-state index contributed by atoms with van der Waals surface area (Å²) in [4.78, 5) is 25.6. The van der Waals surface area contributed by atoms with Crippen molar-refractivity contribution in [2.45, 2.75) is 13.0 Å². The molecule has 1 aliphatic heterocycles. The molecule has 1 atom stereocenters. The van der Waals surface area contributed by atoms with Crippen LogP contribution in [-0.4, -0.2) is 31.1 Å². The molecule has 2 N–H and O–H groups in total. The van der Waals surface area contributed by atoms with Crippen molar-refractivity contribution < 1.29 is 14.3 Å². The number of hydrogen-bond acceptors (Lipinski definition) is 3. The van der Waals surface area contributed by atoms with Gasteiger partial charge in [-0.25, -0.2) is 4.79 Å². The highest BCUT2D eigenvalue weighted by atomic mass is 35.5. The maximum Gasteiger partial charge on any atom is 0.321 e. The molecule has 6 nitrogen and oxygen atoms in total. The van der Waals surface area contributed by atoms with Crippen LogP contribution in [0.15, 0.2) is 48.5 Å². The Bertz CT molecular complexity index is 779. The van der Waals surface area contributed by atoms with Gasteiger partial charge >= 0.3 is 6.03 Å². The Kier molecular flexibility index (Phi) is 5.09. The number of para-hydroxylation sites is 1. The van der Waals surface area contributed by atoms with E-state index in [0.717, 1.165) is 5.69 Å². The third-order valence-electron chi connectivity index (χ3n) is 3.81. The summed E-state index contributed by atoms with van der Waals surface area (Å²) < 4.78 is 5.59. The number of urea groups is 1. The van der Waals surface area contributed by atoms with E-state index in [9.17, 15) is 9.59 Å². The van der Waals surface area contributed by atoms with Crippen LogP contribution in [0.2, 0.25) is 5.02 Å². The molecular weight excluding hydrogens is 342 g/mol. The van der Waals surface area contributed by atoms with Gasteiger partial charge in [-0.1, -0.05) is 23.7 Å². The molecule has 130 valence electrons. The van der Waals surface area contributed by atoms with Crippen LogP contribution in [0.25, 0.3) is 0 Å². The van der Waals surface area contributed by atoms with E-state index in [-0.39, 0.29) is 11.9 Å². The predicted octanol–water partition coefficient (Wildman–Crippen LogP) is 3.28. The van der Waals surface area contributed by atoms with Crippen molar-refractivity contribution in [3.63, 3.8) is 0 Å². The second kappa shape index (κ2) is 7.44. The largest absolute Gasteiger partial charge is 0.479 e. The van der Waals surface area contributed by atoms with Gasteiger partial charge in [-0.3, -0.25) is 9.69 Å². The molecule has 3 amide bonds. The molecule has 1 saturated heterocycles. The number of rotatable bonds is 5.